The summed E-state index contributed by atoms with van der Waals surface area (Å²) in [5.41, 5.74) is 2.21. The molecule has 0 saturated carbocycles. The molecule has 4 rings (SSSR count). The Hall–Kier alpha value is -2.41. The molecule has 2 amide bonds. The zero-order chi connectivity index (χ0) is 20.6. The van der Waals surface area contributed by atoms with Crippen molar-refractivity contribution in [3.8, 4) is 0 Å². The van der Waals surface area contributed by atoms with Gasteiger partial charge in [0.1, 0.15) is 5.82 Å². The Morgan fingerprint density at radius 3 is 2.59 bits per heavy atom. The summed E-state index contributed by atoms with van der Waals surface area (Å²) in [6.07, 6.45) is 2.81. The number of aryl methyl sites for hydroxylation is 1. The second-order valence-corrected chi connectivity index (χ2v) is 8.47. The van der Waals surface area contributed by atoms with Gasteiger partial charge in [-0.15, -0.1) is 0 Å². The molecule has 2 aromatic rings. The van der Waals surface area contributed by atoms with E-state index in [2.05, 4.69) is 39.9 Å². The van der Waals surface area contributed by atoms with Crippen molar-refractivity contribution in [2.24, 2.45) is 0 Å². The monoisotopic (exact) mass is 397 g/mol. The largest absolute Gasteiger partial charge is 0.352 e. The molecule has 2 saturated heterocycles. The SMILES string of the molecule is CCn1c(CN2CC(NC(C)=O)CC23CCN(C(C)=O)CC3)nc2ccccc21. The van der Waals surface area contributed by atoms with Gasteiger partial charge in [0.15, 0.2) is 0 Å². The maximum Gasteiger partial charge on any atom is 0.219 e. The van der Waals surface area contributed by atoms with E-state index in [0.717, 1.165) is 63.3 Å². The summed E-state index contributed by atoms with van der Waals surface area (Å²) in [5.74, 6) is 1.25. The lowest BCUT2D eigenvalue weighted by molar-refractivity contribution is -0.131. The fourth-order valence-electron chi connectivity index (χ4n) is 5.26. The van der Waals surface area contributed by atoms with Crippen LogP contribution in [0.4, 0.5) is 0 Å². The van der Waals surface area contributed by atoms with Crippen molar-refractivity contribution >= 4 is 22.8 Å². The predicted molar refractivity (Wildman–Crippen MR) is 112 cm³/mol. The average molecular weight is 398 g/mol. The Balaban J connectivity index is 1.61. The minimum Gasteiger partial charge on any atom is -0.352 e. The van der Waals surface area contributed by atoms with Crippen molar-refractivity contribution in [1.29, 1.82) is 0 Å². The van der Waals surface area contributed by atoms with Crippen LogP contribution in [-0.2, 0) is 22.7 Å². The summed E-state index contributed by atoms with van der Waals surface area (Å²) in [6, 6.07) is 8.43. The number of likely N-dealkylation sites (tertiary alicyclic amines) is 2. The van der Waals surface area contributed by atoms with Crippen molar-refractivity contribution in [3.05, 3.63) is 30.1 Å². The molecule has 1 aromatic heterocycles. The first-order valence-electron chi connectivity index (χ1n) is 10.6. The second kappa shape index (κ2) is 7.78. The molecule has 1 spiro atoms. The smallest absolute Gasteiger partial charge is 0.219 e. The van der Waals surface area contributed by atoms with E-state index >= 15 is 0 Å². The van der Waals surface area contributed by atoms with Gasteiger partial charge in [-0.3, -0.25) is 14.5 Å². The van der Waals surface area contributed by atoms with Crippen molar-refractivity contribution in [1.82, 2.24) is 24.7 Å². The fourth-order valence-corrected chi connectivity index (χ4v) is 5.26. The molecule has 1 unspecified atom stereocenters. The molecule has 2 aliphatic heterocycles. The number of nitrogens with zero attached hydrogens (tertiary/aromatic N) is 4. The summed E-state index contributed by atoms with van der Waals surface area (Å²) in [7, 11) is 0. The van der Waals surface area contributed by atoms with Crippen LogP contribution in [0.2, 0.25) is 0 Å². The Morgan fingerprint density at radius 1 is 1.21 bits per heavy atom. The number of carbonyl (C=O) groups is 2. The Kier molecular flexibility index (Phi) is 5.34. The third-order valence-corrected chi connectivity index (χ3v) is 6.67. The van der Waals surface area contributed by atoms with E-state index in [-0.39, 0.29) is 23.4 Å². The van der Waals surface area contributed by atoms with Crippen LogP contribution < -0.4 is 5.32 Å². The van der Waals surface area contributed by atoms with Crippen LogP contribution in [0.15, 0.2) is 24.3 Å². The quantitative estimate of drug-likeness (QED) is 0.858. The number of carbonyl (C=O) groups excluding carboxylic acids is 2. The van der Waals surface area contributed by atoms with E-state index in [4.69, 9.17) is 4.98 Å². The van der Waals surface area contributed by atoms with Crippen molar-refractivity contribution in [3.63, 3.8) is 0 Å². The topological polar surface area (TPSA) is 70.5 Å². The van der Waals surface area contributed by atoms with E-state index in [9.17, 15) is 9.59 Å². The minimum atomic E-state index is 0.00970. The maximum atomic E-state index is 11.8. The number of fused-ring (bicyclic) bond motifs is 1. The zero-order valence-corrected chi connectivity index (χ0v) is 17.6. The molecule has 2 fully saturated rings. The van der Waals surface area contributed by atoms with E-state index in [0.29, 0.717) is 0 Å². The van der Waals surface area contributed by atoms with E-state index in [1.807, 2.05) is 11.0 Å². The highest BCUT2D eigenvalue weighted by molar-refractivity contribution is 5.76. The lowest BCUT2D eigenvalue weighted by atomic mass is 9.84. The molecule has 7 nitrogen and oxygen atoms in total. The number of hydrogen-bond donors (Lipinski definition) is 1. The third kappa shape index (κ3) is 3.75. The summed E-state index contributed by atoms with van der Waals surface area (Å²) in [4.78, 5) is 32.9. The standard InChI is InChI=1S/C22H31N5O2/c1-4-27-20-8-6-5-7-19(20)24-21(27)15-26-14-18(23-16(2)28)13-22(26)9-11-25(12-10-22)17(3)29/h5-8,18H,4,9-15H2,1-3H3,(H,23,28). The maximum absolute atomic E-state index is 11.8. The minimum absolute atomic E-state index is 0.00970. The molecule has 0 bridgehead atoms. The number of nitrogens with one attached hydrogen (secondary N) is 1. The number of rotatable bonds is 4. The summed E-state index contributed by atoms with van der Waals surface area (Å²) in [5, 5.41) is 3.13. The van der Waals surface area contributed by atoms with Crippen LogP contribution in [0.3, 0.4) is 0 Å². The fraction of sp³-hybridized carbons (Fsp3) is 0.591. The Bertz CT molecular complexity index is 913. The number of imidazole rings is 1. The van der Waals surface area contributed by atoms with Crippen LogP contribution >= 0.6 is 0 Å². The first kappa shape index (κ1) is 19.9. The van der Waals surface area contributed by atoms with Crippen molar-refractivity contribution in [2.75, 3.05) is 19.6 Å². The van der Waals surface area contributed by atoms with Gasteiger partial charge in [-0.25, -0.2) is 4.98 Å². The average Bonchev–Trinajstić information content (AvgIpc) is 3.19. The third-order valence-electron chi connectivity index (χ3n) is 6.67. The Labute approximate surface area is 172 Å². The number of piperidine rings is 1. The molecular weight excluding hydrogens is 366 g/mol. The van der Waals surface area contributed by atoms with Crippen LogP contribution in [0.5, 0.6) is 0 Å². The van der Waals surface area contributed by atoms with Crippen LogP contribution in [0.25, 0.3) is 11.0 Å². The molecule has 0 aliphatic carbocycles. The van der Waals surface area contributed by atoms with Crippen molar-refractivity contribution in [2.45, 2.75) is 64.7 Å². The highest BCUT2D eigenvalue weighted by Crippen LogP contribution is 2.39. The van der Waals surface area contributed by atoms with Gasteiger partial charge < -0.3 is 14.8 Å². The lowest BCUT2D eigenvalue weighted by Gasteiger charge is -2.44. The molecule has 29 heavy (non-hydrogen) atoms. The van der Waals surface area contributed by atoms with Gasteiger partial charge in [-0.2, -0.15) is 0 Å². The lowest BCUT2D eigenvalue weighted by Crippen LogP contribution is -2.52. The van der Waals surface area contributed by atoms with Crippen LogP contribution in [0, 0.1) is 0 Å². The molecule has 3 heterocycles. The predicted octanol–water partition coefficient (Wildman–Crippen LogP) is 2.15. The number of aromatic nitrogens is 2. The first-order valence-corrected chi connectivity index (χ1v) is 10.6. The van der Waals surface area contributed by atoms with Gasteiger partial charge in [0, 0.05) is 51.6 Å². The van der Waals surface area contributed by atoms with Gasteiger partial charge in [-0.05, 0) is 38.3 Å². The summed E-state index contributed by atoms with van der Waals surface area (Å²) >= 11 is 0. The molecule has 0 radical (unpaired) electrons. The molecule has 1 aromatic carbocycles. The van der Waals surface area contributed by atoms with Gasteiger partial charge in [0.05, 0.1) is 17.6 Å². The van der Waals surface area contributed by atoms with Gasteiger partial charge in [0.2, 0.25) is 11.8 Å². The van der Waals surface area contributed by atoms with Gasteiger partial charge in [-0.1, -0.05) is 12.1 Å². The zero-order valence-electron chi connectivity index (χ0n) is 17.6. The highest BCUT2D eigenvalue weighted by atomic mass is 16.2. The van der Waals surface area contributed by atoms with E-state index in [1.54, 1.807) is 13.8 Å². The summed E-state index contributed by atoms with van der Waals surface area (Å²) < 4.78 is 2.29. The number of benzene rings is 1. The molecule has 7 heteroatoms. The molecule has 2 aliphatic rings. The van der Waals surface area contributed by atoms with E-state index < -0.39 is 0 Å². The molecule has 1 N–H and O–H groups in total. The first-order chi connectivity index (χ1) is 13.9. The molecule has 1 atom stereocenters. The van der Waals surface area contributed by atoms with E-state index in [1.165, 1.54) is 5.52 Å². The normalized spacial score (nSPS) is 21.8. The van der Waals surface area contributed by atoms with Crippen LogP contribution in [-0.4, -0.2) is 62.4 Å². The highest BCUT2D eigenvalue weighted by Gasteiger charge is 2.47. The molecular formula is C22H31N5O2. The van der Waals surface area contributed by atoms with Gasteiger partial charge >= 0.3 is 0 Å². The number of para-hydroxylation sites is 2. The molecule has 156 valence electrons. The van der Waals surface area contributed by atoms with Crippen LogP contribution in [0.1, 0.15) is 45.9 Å². The number of hydrogen-bond acceptors (Lipinski definition) is 4. The van der Waals surface area contributed by atoms with Crippen molar-refractivity contribution < 1.29 is 9.59 Å². The Morgan fingerprint density at radius 2 is 1.93 bits per heavy atom. The number of amides is 2. The van der Waals surface area contributed by atoms with Gasteiger partial charge in [0.25, 0.3) is 0 Å². The summed E-state index contributed by atoms with van der Waals surface area (Å²) in [6.45, 7) is 9.42. The second-order valence-electron chi connectivity index (χ2n) is 8.47.